The van der Waals surface area contributed by atoms with Crippen LogP contribution >= 0.6 is 0 Å². The van der Waals surface area contributed by atoms with Gasteiger partial charge >= 0.3 is 0 Å². The highest BCUT2D eigenvalue weighted by Crippen LogP contribution is 2.46. The first kappa shape index (κ1) is 15.0. The molecule has 10 heteroatoms. The van der Waals surface area contributed by atoms with Gasteiger partial charge in [-0.15, -0.1) is 0 Å². The molecule has 0 amide bonds. The van der Waals surface area contributed by atoms with E-state index in [-0.39, 0.29) is 18.8 Å². The minimum atomic E-state index is -0.299. The van der Waals surface area contributed by atoms with E-state index in [1.54, 1.807) is 11.3 Å². The van der Waals surface area contributed by atoms with E-state index in [0.29, 0.717) is 36.0 Å². The van der Waals surface area contributed by atoms with Gasteiger partial charge in [-0.1, -0.05) is 22.7 Å². The topological polar surface area (TPSA) is 73.5 Å². The number of anilines is 2. The molecule has 9 nitrogen and oxygen atoms in total. The molecule has 1 saturated heterocycles. The lowest BCUT2D eigenvalue weighted by Crippen LogP contribution is -2.47. The van der Waals surface area contributed by atoms with E-state index in [0.717, 1.165) is 17.7 Å². The second kappa shape index (κ2) is 5.43. The molecule has 1 fully saturated rings. The second-order valence-corrected chi connectivity index (χ2v) is 6.84. The molecule has 0 N–H and O–H groups in total. The van der Waals surface area contributed by atoms with Crippen LogP contribution in [0.15, 0.2) is 45.8 Å². The molecule has 5 heterocycles. The van der Waals surface area contributed by atoms with Crippen LogP contribution in [0.4, 0.5) is 16.1 Å². The summed E-state index contributed by atoms with van der Waals surface area (Å²) in [4.78, 5) is 11.1. The number of para-hydroxylation sites is 1. The average molecular weight is 369 g/mol. The first-order valence-corrected chi connectivity index (χ1v) is 8.83. The smallest absolute Gasteiger partial charge is 0.290 e. The standard InChI is InChI=1S/C17H16FN7O2/c18-22-7-14-23(10-22)13-4-2-1-3-12(13)15-19-9-24(25(14)15)17-20-16(27-21-17)11-5-6-26-8-11/h1-4,7,9,11,15H,5-6,8,10H2. The number of hydrogen-bond acceptors (Lipinski definition) is 9. The average Bonchev–Trinajstić information content (AvgIpc) is 3.44. The Morgan fingerprint density at radius 2 is 2.15 bits per heavy atom. The van der Waals surface area contributed by atoms with Crippen LogP contribution in [-0.2, 0) is 4.74 Å². The molecule has 0 saturated carbocycles. The van der Waals surface area contributed by atoms with E-state index < -0.39 is 0 Å². The highest BCUT2D eigenvalue weighted by atomic mass is 19.2. The molecular formula is C17H16FN7O2. The van der Waals surface area contributed by atoms with Crippen molar-refractivity contribution in [3.63, 3.8) is 0 Å². The Kier molecular flexibility index (Phi) is 3.01. The third-order valence-corrected chi connectivity index (χ3v) is 5.24. The predicted molar refractivity (Wildman–Crippen MR) is 92.8 cm³/mol. The Bertz CT molecular complexity index is 954. The zero-order valence-electron chi connectivity index (χ0n) is 14.3. The van der Waals surface area contributed by atoms with Gasteiger partial charge in [0.25, 0.3) is 5.95 Å². The molecule has 4 aliphatic rings. The van der Waals surface area contributed by atoms with E-state index in [9.17, 15) is 4.48 Å². The lowest BCUT2D eigenvalue weighted by atomic mass is 10.1. The molecule has 0 aliphatic carbocycles. The van der Waals surface area contributed by atoms with Crippen molar-refractivity contribution < 1.29 is 13.7 Å². The number of ether oxygens (including phenoxy) is 1. The Morgan fingerprint density at radius 3 is 3.04 bits per heavy atom. The van der Waals surface area contributed by atoms with Gasteiger partial charge in [0.2, 0.25) is 5.89 Å². The van der Waals surface area contributed by atoms with Crippen LogP contribution < -0.4 is 9.91 Å². The Balaban J connectivity index is 1.40. The molecule has 2 unspecified atom stereocenters. The minimum Gasteiger partial charge on any atom is -0.381 e. The van der Waals surface area contributed by atoms with Gasteiger partial charge in [0.1, 0.15) is 13.0 Å². The molecule has 2 aromatic rings. The summed E-state index contributed by atoms with van der Waals surface area (Å²) >= 11 is 0. The van der Waals surface area contributed by atoms with Crippen LogP contribution in [0.3, 0.4) is 0 Å². The molecule has 4 aliphatic heterocycles. The fraction of sp³-hybridized carbons (Fsp3) is 0.353. The van der Waals surface area contributed by atoms with Crippen LogP contribution in [0.2, 0.25) is 0 Å². The quantitative estimate of drug-likeness (QED) is 0.746. The summed E-state index contributed by atoms with van der Waals surface area (Å²) < 4.78 is 24.9. The fourth-order valence-electron chi connectivity index (χ4n) is 3.95. The van der Waals surface area contributed by atoms with Crippen molar-refractivity contribution >= 4 is 18.0 Å². The zero-order chi connectivity index (χ0) is 18.0. The van der Waals surface area contributed by atoms with Crippen molar-refractivity contribution in [2.75, 3.05) is 29.8 Å². The molecule has 27 heavy (non-hydrogen) atoms. The SMILES string of the molecule is FN1C=C2N(C1)c1ccccc1C1N=CN(c3noc(C4CCOC4)n3)N21. The lowest BCUT2D eigenvalue weighted by Gasteiger charge is -2.41. The number of fused-ring (bicyclic) bond motifs is 6. The van der Waals surface area contributed by atoms with E-state index in [2.05, 4.69) is 15.1 Å². The molecular weight excluding hydrogens is 353 g/mol. The zero-order valence-corrected chi connectivity index (χ0v) is 14.3. The maximum absolute atomic E-state index is 14.1. The molecule has 1 aromatic carbocycles. The van der Waals surface area contributed by atoms with Gasteiger partial charge in [-0.05, 0) is 17.6 Å². The summed E-state index contributed by atoms with van der Waals surface area (Å²) in [7, 11) is 0. The maximum atomic E-state index is 14.1. The summed E-state index contributed by atoms with van der Waals surface area (Å²) in [5.41, 5.74) is 1.94. The van der Waals surface area contributed by atoms with Gasteiger partial charge in [0.15, 0.2) is 12.0 Å². The monoisotopic (exact) mass is 369 g/mol. The highest BCUT2D eigenvalue weighted by Gasteiger charge is 2.45. The Morgan fingerprint density at radius 1 is 1.22 bits per heavy atom. The largest absolute Gasteiger partial charge is 0.381 e. The first-order chi connectivity index (χ1) is 13.3. The van der Waals surface area contributed by atoms with Gasteiger partial charge in [-0.2, -0.15) is 10.1 Å². The summed E-state index contributed by atoms with van der Waals surface area (Å²) in [5, 5.41) is 8.36. The van der Waals surface area contributed by atoms with Gasteiger partial charge in [0, 0.05) is 12.2 Å². The van der Waals surface area contributed by atoms with Gasteiger partial charge < -0.3 is 14.2 Å². The van der Waals surface area contributed by atoms with Crippen molar-refractivity contribution in [1.29, 1.82) is 0 Å². The molecule has 1 aromatic heterocycles. The number of aromatic nitrogens is 2. The minimum absolute atomic E-state index is 0.118. The normalized spacial score (nSPS) is 25.7. The van der Waals surface area contributed by atoms with Crippen molar-refractivity contribution in [2.24, 2.45) is 4.99 Å². The third kappa shape index (κ3) is 2.10. The van der Waals surface area contributed by atoms with E-state index >= 15 is 0 Å². The van der Waals surface area contributed by atoms with Crippen molar-refractivity contribution in [3.05, 3.63) is 47.7 Å². The van der Waals surface area contributed by atoms with E-state index in [1.165, 1.54) is 6.20 Å². The molecule has 2 atom stereocenters. The summed E-state index contributed by atoms with van der Waals surface area (Å²) in [6, 6.07) is 7.88. The fourth-order valence-corrected chi connectivity index (χ4v) is 3.95. The molecule has 0 bridgehead atoms. The second-order valence-electron chi connectivity index (χ2n) is 6.84. The number of benzene rings is 1. The van der Waals surface area contributed by atoms with E-state index in [1.807, 2.05) is 34.2 Å². The first-order valence-electron chi connectivity index (χ1n) is 8.83. The number of hydrogen-bond donors (Lipinski definition) is 0. The number of halogens is 1. The van der Waals surface area contributed by atoms with Crippen LogP contribution in [0.5, 0.6) is 0 Å². The van der Waals surface area contributed by atoms with Crippen molar-refractivity contribution in [3.8, 4) is 0 Å². The van der Waals surface area contributed by atoms with Crippen molar-refractivity contribution in [2.45, 2.75) is 18.5 Å². The number of hydrazine groups is 1. The van der Waals surface area contributed by atoms with Crippen LogP contribution in [0.1, 0.15) is 30.0 Å². The van der Waals surface area contributed by atoms with Crippen LogP contribution in [-0.4, -0.2) is 46.5 Å². The van der Waals surface area contributed by atoms with Gasteiger partial charge in [-0.25, -0.2) is 15.0 Å². The summed E-state index contributed by atoms with van der Waals surface area (Å²) in [6.07, 6.45) is 3.68. The summed E-state index contributed by atoms with van der Waals surface area (Å²) in [5.74, 6) is 1.73. The number of nitrogens with zero attached hydrogens (tertiary/aromatic N) is 7. The lowest BCUT2D eigenvalue weighted by molar-refractivity contribution is 0.104. The number of aliphatic imine (C=N–C) groups is 1. The molecule has 0 spiro atoms. The van der Waals surface area contributed by atoms with E-state index in [4.69, 9.17) is 9.26 Å². The maximum Gasteiger partial charge on any atom is 0.290 e. The van der Waals surface area contributed by atoms with Gasteiger partial charge in [-0.3, -0.25) is 0 Å². The Hall–Kier alpha value is -3.14. The highest BCUT2D eigenvalue weighted by molar-refractivity contribution is 5.80. The predicted octanol–water partition coefficient (Wildman–Crippen LogP) is 2.11. The van der Waals surface area contributed by atoms with Crippen molar-refractivity contribution in [1.82, 2.24) is 20.3 Å². The molecule has 0 radical (unpaired) electrons. The summed E-state index contributed by atoms with van der Waals surface area (Å²) in [6.45, 7) is 1.41. The molecule has 6 rings (SSSR count). The van der Waals surface area contributed by atoms with Crippen LogP contribution in [0.25, 0.3) is 0 Å². The number of rotatable bonds is 2. The van der Waals surface area contributed by atoms with Gasteiger partial charge in [0.05, 0.1) is 24.4 Å². The van der Waals surface area contributed by atoms with Crippen LogP contribution in [0, 0.1) is 0 Å². The third-order valence-electron chi connectivity index (χ3n) is 5.24. The molecule has 138 valence electrons. The Labute approximate surface area is 153 Å².